The van der Waals surface area contributed by atoms with Crippen molar-refractivity contribution < 1.29 is 22.4 Å². The summed E-state index contributed by atoms with van der Waals surface area (Å²) in [5.41, 5.74) is -1.30. The van der Waals surface area contributed by atoms with Gasteiger partial charge in [0.2, 0.25) is 0 Å². The van der Waals surface area contributed by atoms with E-state index in [0.717, 1.165) is 0 Å². The molecule has 2 aromatic rings. The molecule has 0 saturated carbocycles. The minimum absolute atomic E-state index is 0.0649. The summed E-state index contributed by atoms with van der Waals surface area (Å²) >= 11 is 0. The van der Waals surface area contributed by atoms with Gasteiger partial charge in [-0.15, -0.1) is 0 Å². The van der Waals surface area contributed by atoms with Crippen LogP contribution in [0, 0.1) is 12.7 Å². The molecule has 0 amide bonds. The molecule has 0 radical (unpaired) electrons. The fourth-order valence-corrected chi connectivity index (χ4v) is 1.72. The van der Waals surface area contributed by atoms with Crippen LogP contribution in [-0.4, -0.2) is 16.3 Å². The molecule has 1 heterocycles. The highest BCUT2D eigenvalue weighted by atomic mass is 19.4. The molecule has 20 heavy (non-hydrogen) atoms. The predicted octanol–water partition coefficient (Wildman–Crippen LogP) is 3.42. The molecule has 2 rings (SSSR count). The Balaban J connectivity index is 2.71. The van der Waals surface area contributed by atoms with Crippen molar-refractivity contribution in [1.29, 1.82) is 0 Å². The lowest BCUT2D eigenvalue weighted by atomic mass is 10.1. The number of benzene rings is 1. The van der Waals surface area contributed by atoms with Gasteiger partial charge in [0.25, 0.3) is 0 Å². The van der Waals surface area contributed by atoms with Crippen LogP contribution < -0.4 is 0 Å². The van der Waals surface area contributed by atoms with Crippen molar-refractivity contribution in [2.45, 2.75) is 13.1 Å². The third-order valence-electron chi connectivity index (χ3n) is 2.52. The summed E-state index contributed by atoms with van der Waals surface area (Å²) < 4.78 is 51.9. The zero-order chi connectivity index (χ0) is 14.9. The van der Waals surface area contributed by atoms with E-state index in [1.165, 1.54) is 13.0 Å². The lowest BCUT2D eigenvalue weighted by molar-refractivity contribution is -0.137. The normalized spacial score (nSPS) is 11.4. The molecule has 0 atom stereocenters. The van der Waals surface area contributed by atoms with Gasteiger partial charge in [-0.1, -0.05) is 0 Å². The molecule has 1 aromatic carbocycles. The summed E-state index contributed by atoms with van der Waals surface area (Å²) in [5, 5.41) is 0. The zero-order valence-corrected chi connectivity index (χ0v) is 10.2. The van der Waals surface area contributed by atoms with Gasteiger partial charge in [-0.3, -0.25) is 4.79 Å². The van der Waals surface area contributed by atoms with Gasteiger partial charge in [-0.2, -0.15) is 13.2 Å². The minimum atomic E-state index is -4.67. The lowest BCUT2D eigenvalue weighted by Gasteiger charge is -2.12. The first-order valence-corrected chi connectivity index (χ1v) is 5.49. The molecule has 0 N–H and O–H groups in total. The third-order valence-corrected chi connectivity index (χ3v) is 2.52. The van der Waals surface area contributed by atoms with Crippen LogP contribution in [-0.2, 0) is 6.18 Å². The number of carbonyl (C=O) groups is 1. The summed E-state index contributed by atoms with van der Waals surface area (Å²) in [4.78, 5) is 18.2. The maximum atomic E-state index is 13.2. The van der Waals surface area contributed by atoms with Gasteiger partial charge >= 0.3 is 6.18 Å². The SMILES string of the molecule is Cc1cc(C=O)nc(-c2cc(F)ccc2C(F)(F)F)n1. The highest BCUT2D eigenvalue weighted by Crippen LogP contribution is 2.36. The van der Waals surface area contributed by atoms with Gasteiger partial charge < -0.3 is 0 Å². The second-order valence-electron chi connectivity index (χ2n) is 4.06. The Hall–Kier alpha value is -2.31. The number of aryl methyl sites for hydroxylation is 1. The highest BCUT2D eigenvalue weighted by Gasteiger charge is 2.34. The van der Waals surface area contributed by atoms with E-state index >= 15 is 0 Å². The fourth-order valence-electron chi connectivity index (χ4n) is 1.72. The average Bonchev–Trinajstić information content (AvgIpc) is 2.36. The standard InChI is InChI=1S/C13H8F4N2O/c1-7-4-9(6-20)19-12(18-7)10-5-8(14)2-3-11(10)13(15,16)17/h2-6H,1H3. The van der Waals surface area contributed by atoms with Gasteiger partial charge in [0, 0.05) is 11.3 Å². The molecule has 0 aliphatic rings. The molecule has 0 aliphatic heterocycles. The largest absolute Gasteiger partial charge is 0.417 e. The summed E-state index contributed by atoms with van der Waals surface area (Å²) in [6, 6.07) is 3.36. The highest BCUT2D eigenvalue weighted by molar-refractivity contribution is 5.73. The first kappa shape index (κ1) is 14.1. The van der Waals surface area contributed by atoms with Crippen molar-refractivity contribution in [2.75, 3.05) is 0 Å². The Morgan fingerprint density at radius 2 is 1.85 bits per heavy atom. The van der Waals surface area contributed by atoms with E-state index in [-0.39, 0.29) is 11.5 Å². The minimum Gasteiger partial charge on any atom is -0.296 e. The molecule has 3 nitrogen and oxygen atoms in total. The van der Waals surface area contributed by atoms with Crippen molar-refractivity contribution in [3.05, 3.63) is 47.0 Å². The van der Waals surface area contributed by atoms with Crippen molar-refractivity contribution in [3.63, 3.8) is 0 Å². The maximum absolute atomic E-state index is 13.2. The number of alkyl halides is 3. The maximum Gasteiger partial charge on any atom is 0.417 e. The molecule has 0 spiro atoms. The Kier molecular flexibility index (Phi) is 3.52. The van der Waals surface area contributed by atoms with E-state index in [1.807, 2.05) is 0 Å². The van der Waals surface area contributed by atoms with Gasteiger partial charge in [0.15, 0.2) is 12.1 Å². The summed E-state index contributed by atoms with van der Waals surface area (Å²) in [5.74, 6) is -1.18. The van der Waals surface area contributed by atoms with E-state index in [4.69, 9.17) is 0 Å². The van der Waals surface area contributed by atoms with Crippen molar-refractivity contribution in [1.82, 2.24) is 9.97 Å². The number of aromatic nitrogens is 2. The monoisotopic (exact) mass is 284 g/mol. The number of halogens is 4. The number of carbonyl (C=O) groups excluding carboxylic acids is 1. The molecular weight excluding hydrogens is 276 g/mol. The van der Waals surface area contributed by atoms with Gasteiger partial charge in [0.05, 0.1) is 5.56 Å². The average molecular weight is 284 g/mol. The number of nitrogens with zero attached hydrogens (tertiary/aromatic N) is 2. The summed E-state index contributed by atoms with van der Waals surface area (Å²) in [6.07, 6.45) is -4.28. The molecule has 0 aliphatic carbocycles. The van der Waals surface area contributed by atoms with Crippen molar-refractivity contribution in [3.8, 4) is 11.4 Å². The van der Waals surface area contributed by atoms with Crippen LogP contribution in [0.1, 0.15) is 21.7 Å². The second-order valence-corrected chi connectivity index (χ2v) is 4.06. The van der Waals surface area contributed by atoms with E-state index in [0.29, 0.717) is 30.2 Å². The zero-order valence-electron chi connectivity index (χ0n) is 10.2. The molecule has 104 valence electrons. The van der Waals surface area contributed by atoms with Crippen LogP contribution in [0.2, 0.25) is 0 Å². The second kappa shape index (κ2) is 4.99. The molecular formula is C13H8F4N2O. The Morgan fingerprint density at radius 3 is 2.45 bits per heavy atom. The molecule has 0 saturated heterocycles. The number of aldehydes is 1. The van der Waals surface area contributed by atoms with E-state index < -0.39 is 23.1 Å². The summed E-state index contributed by atoms with van der Waals surface area (Å²) in [6.45, 7) is 1.50. The lowest BCUT2D eigenvalue weighted by Crippen LogP contribution is -2.09. The number of hydrogen-bond donors (Lipinski definition) is 0. The quantitative estimate of drug-likeness (QED) is 0.627. The smallest absolute Gasteiger partial charge is 0.296 e. The van der Waals surface area contributed by atoms with Crippen LogP contribution in [0.25, 0.3) is 11.4 Å². The Labute approximate surface area is 111 Å². The molecule has 0 bridgehead atoms. The van der Waals surface area contributed by atoms with Gasteiger partial charge in [-0.25, -0.2) is 14.4 Å². The molecule has 1 aromatic heterocycles. The first-order chi connectivity index (χ1) is 9.31. The third kappa shape index (κ3) is 2.81. The predicted molar refractivity (Wildman–Crippen MR) is 62.6 cm³/mol. The first-order valence-electron chi connectivity index (χ1n) is 5.49. The van der Waals surface area contributed by atoms with Crippen LogP contribution in [0.4, 0.5) is 17.6 Å². The number of rotatable bonds is 2. The van der Waals surface area contributed by atoms with E-state index in [9.17, 15) is 22.4 Å². The van der Waals surface area contributed by atoms with E-state index in [2.05, 4.69) is 9.97 Å². The Morgan fingerprint density at radius 1 is 1.15 bits per heavy atom. The fraction of sp³-hybridized carbons (Fsp3) is 0.154. The van der Waals surface area contributed by atoms with Crippen molar-refractivity contribution in [2.24, 2.45) is 0 Å². The van der Waals surface area contributed by atoms with Gasteiger partial charge in [-0.05, 0) is 31.2 Å². The Bertz CT molecular complexity index is 668. The van der Waals surface area contributed by atoms with Crippen molar-refractivity contribution >= 4 is 6.29 Å². The van der Waals surface area contributed by atoms with Crippen LogP contribution in [0.5, 0.6) is 0 Å². The number of hydrogen-bond acceptors (Lipinski definition) is 3. The molecule has 0 unspecified atom stereocenters. The molecule has 0 fully saturated rings. The molecule has 7 heteroatoms. The van der Waals surface area contributed by atoms with Crippen LogP contribution >= 0.6 is 0 Å². The van der Waals surface area contributed by atoms with Gasteiger partial charge in [0.1, 0.15) is 11.5 Å². The van der Waals surface area contributed by atoms with Crippen LogP contribution in [0.15, 0.2) is 24.3 Å². The topological polar surface area (TPSA) is 42.9 Å². The summed E-state index contributed by atoms with van der Waals surface area (Å²) in [7, 11) is 0. The van der Waals surface area contributed by atoms with E-state index in [1.54, 1.807) is 0 Å². The van der Waals surface area contributed by atoms with Crippen LogP contribution in [0.3, 0.4) is 0 Å².